The van der Waals surface area contributed by atoms with E-state index < -0.39 is 0 Å². The van der Waals surface area contributed by atoms with Crippen LogP contribution in [0.25, 0.3) is 0 Å². The molecule has 86 valence electrons. The number of carbonyl (C=O) groups excluding carboxylic acids is 1. The molecule has 0 aliphatic heterocycles. The third-order valence-electron chi connectivity index (χ3n) is 3.05. The number of carbonyl (C=O) groups is 1. The second kappa shape index (κ2) is 4.88. The van der Waals surface area contributed by atoms with E-state index in [0.717, 1.165) is 12.1 Å². The molecule has 0 radical (unpaired) electrons. The lowest BCUT2D eigenvalue weighted by Gasteiger charge is -2.10. The van der Waals surface area contributed by atoms with Crippen molar-refractivity contribution in [3.63, 3.8) is 0 Å². The van der Waals surface area contributed by atoms with Gasteiger partial charge in [-0.05, 0) is 42.5 Å². The SMILES string of the molecule is CC(CCl)C(=O)Nc1ccc2c(c1)CCC2. The van der Waals surface area contributed by atoms with Crippen LogP contribution in [0.5, 0.6) is 0 Å². The lowest BCUT2D eigenvalue weighted by atomic mass is 10.1. The first-order chi connectivity index (χ1) is 7.70. The summed E-state index contributed by atoms with van der Waals surface area (Å²) in [7, 11) is 0. The Balaban J connectivity index is 2.08. The third kappa shape index (κ3) is 2.38. The highest BCUT2D eigenvalue weighted by atomic mass is 35.5. The summed E-state index contributed by atoms with van der Waals surface area (Å²) in [6.45, 7) is 1.83. The molecule has 1 amide bonds. The minimum atomic E-state index is -0.144. The van der Waals surface area contributed by atoms with Crippen molar-refractivity contribution in [2.45, 2.75) is 26.2 Å². The predicted molar refractivity (Wildman–Crippen MR) is 67.0 cm³/mol. The number of hydrogen-bond acceptors (Lipinski definition) is 1. The highest BCUT2D eigenvalue weighted by Crippen LogP contribution is 2.25. The van der Waals surface area contributed by atoms with Crippen molar-refractivity contribution < 1.29 is 4.79 Å². The van der Waals surface area contributed by atoms with Crippen LogP contribution >= 0.6 is 11.6 Å². The number of halogens is 1. The summed E-state index contributed by atoms with van der Waals surface area (Å²) in [4.78, 5) is 11.6. The Morgan fingerprint density at radius 2 is 2.19 bits per heavy atom. The van der Waals surface area contributed by atoms with Gasteiger partial charge in [0.05, 0.1) is 0 Å². The van der Waals surface area contributed by atoms with E-state index in [0.29, 0.717) is 5.88 Å². The van der Waals surface area contributed by atoms with Gasteiger partial charge < -0.3 is 5.32 Å². The summed E-state index contributed by atoms with van der Waals surface area (Å²) in [6, 6.07) is 6.17. The van der Waals surface area contributed by atoms with E-state index in [1.807, 2.05) is 13.0 Å². The second-order valence-corrected chi connectivity index (χ2v) is 4.69. The Bertz CT molecular complexity index is 403. The Hall–Kier alpha value is -1.02. The largest absolute Gasteiger partial charge is 0.326 e. The molecule has 0 spiro atoms. The molecule has 1 aliphatic carbocycles. The van der Waals surface area contributed by atoms with Crippen LogP contribution in [0.2, 0.25) is 0 Å². The van der Waals surface area contributed by atoms with Gasteiger partial charge in [-0.3, -0.25) is 4.79 Å². The molecule has 1 aromatic carbocycles. The van der Waals surface area contributed by atoms with Gasteiger partial charge in [0.25, 0.3) is 0 Å². The monoisotopic (exact) mass is 237 g/mol. The van der Waals surface area contributed by atoms with Gasteiger partial charge in [0.1, 0.15) is 0 Å². The Morgan fingerprint density at radius 1 is 1.44 bits per heavy atom. The van der Waals surface area contributed by atoms with E-state index in [9.17, 15) is 4.79 Å². The molecule has 0 fully saturated rings. The van der Waals surface area contributed by atoms with E-state index in [1.54, 1.807) is 0 Å². The van der Waals surface area contributed by atoms with Crippen LogP contribution in [0.1, 0.15) is 24.5 Å². The summed E-state index contributed by atoms with van der Waals surface area (Å²) in [5.41, 5.74) is 3.68. The zero-order valence-electron chi connectivity index (χ0n) is 9.42. The van der Waals surface area contributed by atoms with Crippen molar-refractivity contribution in [3.05, 3.63) is 29.3 Å². The summed E-state index contributed by atoms with van der Waals surface area (Å²) in [5.74, 6) is 0.208. The van der Waals surface area contributed by atoms with Gasteiger partial charge in [-0.25, -0.2) is 0 Å². The molecule has 1 aliphatic rings. The van der Waals surface area contributed by atoms with Gasteiger partial charge in [-0.1, -0.05) is 13.0 Å². The van der Waals surface area contributed by atoms with Crippen LogP contribution in [0, 0.1) is 5.92 Å². The molecule has 0 saturated heterocycles. The van der Waals surface area contributed by atoms with Gasteiger partial charge >= 0.3 is 0 Å². The minimum absolute atomic E-state index is 0.00653. The fourth-order valence-electron chi connectivity index (χ4n) is 1.99. The maximum atomic E-state index is 11.6. The van der Waals surface area contributed by atoms with Crippen LogP contribution in [0.3, 0.4) is 0 Å². The highest BCUT2D eigenvalue weighted by molar-refractivity contribution is 6.19. The predicted octanol–water partition coefficient (Wildman–Crippen LogP) is 2.99. The molecule has 1 N–H and O–H groups in total. The number of rotatable bonds is 3. The lowest BCUT2D eigenvalue weighted by molar-refractivity contribution is -0.118. The van der Waals surface area contributed by atoms with Crippen molar-refractivity contribution in [1.29, 1.82) is 0 Å². The van der Waals surface area contributed by atoms with E-state index in [-0.39, 0.29) is 11.8 Å². The molecule has 0 aromatic heterocycles. The van der Waals surface area contributed by atoms with Crippen molar-refractivity contribution in [3.8, 4) is 0 Å². The third-order valence-corrected chi connectivity index (χ3v) is 3.51. The first-order valence-corrected chi connectivity index (χ1v) is 6.23. The van der Waals surface area contributed by atoms with E-state index >= 15 is 0 Å². The topological polar surface area (TPSA) is 29.1 Å². The molecule has 1 unspecified atom stereocenters. The number of alkyl halides is 1. The second-order valence-electron chi connectivity index (χ2n) is 4.38. The Labute approximate surface area is 101 Å². The zero-order valence-corrected chi connectivity index (χ0v) is 10.2. The van der Waals surface area contributed by atoms with Crippen LogP contribution in [-0.4, -0.2) is 11.8 Å². The van der Waals surface area contributed by atoms with Crippen molar-refractivity contribution in [2.75, 3.05) is 11.2 Å². The average molecular weight is 238 g/mol. The lowest BCUT2D eigenvalue weighted by Crippen LogP contribution is -2.21. The highest BCUT2D eigenvalue weighted by Gasteiger charge is 2.14. The van der Waals surface area contributed by atoms with Crippen molar-refractivity contribution >= 4 is 23.2 Å². The molecule has 1 atom stereocenters. The van der Waals surface area contributed by atoms with Gasteiger partial charge in [0.2, 0.25) is 5.91 Å². The average Bonchev–Trinajstić information content (AvgIpc) is 2.75. The maximum Gasteiger partial charge on any atom is 0.228 e. The standard InChI is InChI=1S/C13H16ClNO/c1-9(8-14)13(16)15-12-6-5-10-3-2-4-11(10)7-12/h5-7,9H,2-4,8H2,1H3,(H,15,16). The molecule has 1 aromatic rings. The van der Waals surface area contributed by atoms with E-state index in [2.05, 4.69) is 17.4 Å². The number of aryl methyl sites for hydroxylation is 2. The number of fused-ring (bicyclic) bond motifs is 1. The summed E-state index contributed by atoms with van der Waals surface area (Å²) in [6.07, 6.45) is 3.52. The molecule has 2 rings (SSSR count). The molecule has 16 heavy (non-hydrogen) atoms. The number of benzene rings is 1. The van der Waals surface area contributed by atoms with Crippen LogP contribution in [0.15, 0.2) is 18.2 Å². The quantitative estimate of drug-likeness (QED) is 0.805. The Morgan fingerprint density at radius 3 is 2.94 bits per heavy atom. The maximum absolute atomic E-state index is 11.6. The number of anilines is 1. The molecule has 2 nitrogen and oxygen atoms in total. The molecule has 0 saturated carbocycles. The fourth-order valence-corrected chi connectivity index (χ4v) is 2.13. The summed E-state index contributed by atoms with van der Waals surface area (Å²) < 4.78 is 0. The molecular weight excluding hydrogens is 222 g/mol. The zero-order chi connectivity index (χ0) is 11.5. The smallest absolute Gasteiger partial charge is 0.228 e. The van der Waals surface area contributed by atoms with Gasteiger partial charge in [-0.2, -0.15) is 0 Å². The molecule has 0 heterocycles. The van der Waals surface area contributed by atoms with E-state index in [4.69, 9.17) is 11.6 Å². The number of hydrogen-bond donors (Lipinski definition) is 1. The number of nitrogens with one attached hydrogen (secondary N) is 1. The summed E-state index contributed by atoms with van der Waals surface area (Å²) in [5, 5.41) is 2.90. The van der Waals surface area contributed by atoms with Crippen LogP contribution in [0.4, 0.5) is 5.69 Å². The van der Waals surface area contributed by atoms with Crippen LogP contribution in [-0.2, 0) is 17.6 Å². The normalized spacial score (nSPS) is 15.6. The molecule has 3 heteroatoms. The van der Waals surface area contributed by atoms with Gasteiger partial charge in [-0.15, -0.1) is 11.6 Å². The first kappa shape index (κ1) is 11.5. The number of amides is 1. The minimum Gasteiger partial charge on any atom is -0.326 e. The first-order valence-electron chi connectivity index (χ1n) is 5.69. The van der Waals surface area contributed by atoms with Crippen molar-refractivity contribution in [1.82, 2.24) is 0 Å². The molecule has 0 bridgehead atoms. The summed E-state index contributed by atoms with van der Waals surface area (Å²) >= 11 is 5.65. The van der Waals surface area contributed by atoms with Crippen molar-refractivity contribution in [2.24, 2.45) is 5.92 Å². The van der Waals surface area contributed by atoms with Gasteiger partial charge in [0.15, 0.2) is 0 Å². The Kier molecular flexibility index (Phi) is 3.49. The van der Waals surface area contributed by atoms with Gasteiger partial charge in [0, 0.05) is 17.5 Å². The van der Waals surface area contributed by atoms with E-state index in [1.165, 1.54) is 24.0 Å². The molecular formula is C13H16ClNO. The van der Waals surface area contributed by atoms with Crippen LogP contribution < -0.4 is 5.32 Å². The fraction of sp³-hybridized carbons (Fsp3) is 0.462.